The Morgan fingerprint density at radius 3 is 2.17 bits per heavy atom. The molecule has 5 nitrogen and oxygen atoms in total. The van der Waals surface area contributed by atoms with Crippen LogP contribution in [0.4, 0.5) is 11.8 Å². The zero-order chi connectivity index (χ0) is 20.5. The summed E-state index contributed by atoms with van der Waals surface area (Å²) in [5.41, 5.74) is 3.36. The van der Waals surface area contributed by atoms with Crippen LogP contribution in [0, 0.1) is 0 Å². The van der Waals surface area contributed by atoms with Gasteiger partial charge in [-0.2, -0.15) is 4.98 Å². The average Bonchev–Trinajstić information content (AvgIpc) is 2.78. The lowest BCUT2D eigenvalue weighted by molar-refractivity contribution is 0.729. The Kier molecular flexibility index (Phi) is 7.56. The average molecular weight is 390 g/mol. The molecule has 0 atom stereocenters. The highest BCUT2D eigenvalue weighted by molar-refractivity contribution is 5.65. The summed E-state index contributed by atoms with van der Waals surface area (Å²) in [6, 6.07) is 16.6. The van der Waals surface area contributed by atoms with E-state index in [1.54, 1.807) is 0 Å². The van der Waals surface area contributed by atoms with Gasteiger partial charge in [0.05, 0.1) is 5.69 Å². The van der Waals surface area contributed by atoms with Gasteiger partial charge in [-0.15, -0.1) is 0 Å². The standard InChI is InChI=1S/C24H31N5/c1-4-16-29(17-5-2)23-19-22(21-9-7-6-8-10-21)26-24(27-23)28(3)18-13-20-11-14-25-15-12-20/h6-12,14-15,19H,4-5,13,16-18H2,1-3H3. The van der Waals surface area contributed by atoms with Crippen molar-refractivity contribution in [1.82, 2.24) is 15.0 Å². The fourth-order valence-corrected chi connectivity index (χ4v) is 3.34. The normalized spacial score (nSPS) is 10.7. The van der Waals surface area contributed by atoms with Crippen LogP contribution < -0.4 is 9.80 Å². The molecule has 29 heavy (non-hydrogen) atoms. The summed E-state index contributed by atoms with van der Waals surface area (Å²) in [7, 11) is 2.07. The Labute approximate surface area is 174 Å². The number of pyridine rings is 1. The molecule has 0 aliphatic carbocycles. The Hall–Kier alpha value is -2.95. The maximum absolute atomic E-state index is 4.94. The van der Waals surface area contributed by atoms with Crippen molar-refractivity contribution in [3.8, 4) is 11.3 Å². The molecule has 3 aromatic rings. The van der Waals surface area contributed by atoms with Gasteiger partial charge in [-0.1, -0.05) is 44.2 Å². The van der Waals surface area contributed by atoms with E-state index in [-0.39, 0.29) is 0 Å². The minimum Gasteiger partial charge on any atom is -0.356 e. The first kappa shape index (κ1) is 20.8. The lowest BCUT2D eigenvalue weighted by Crippen LogP contribution is -2.28. The zero-order valence-electron chi connectivity index (χ0n) is 17.8. The van der Waals surface area contributed by atoms with Gasteiger partial charge in [0.2, 0.25) is 5.95 Å². The van der Waals surface area contributed by atoms with E-state index in [1.165, 1.54) is 5.56 Å². The molecule has 1 aromatic carbocycles. The highest BCUT2D eigenvalue weighted by Gasteiger charge is 2.14. The number of benzene rings is 1. The number of hydrogen-bond acceptors (Lipinski definition) is 5. The number of anilines is 2. The SMILES string of the molecule is CCCN(CCC)c1cc(-c2ccccc2)nc(N(C)CCc2ccncc2)n1. The number of rotatable bonds is 10. The monoisotopic (exact) mass is 389 g/mol. The third-order valence-corrected chi connectivity index (χ3v) is 4.91. The van der Waals surface area contributed by atoms with E-state index in [9.17, 15) is 0 Å². The molecule has 5 heteroatoms. The van der Waals surface area contributed by atoms with Gasteiger partial charge >= 0.3 is 0 Å². The van der Waals surface area contributed by atoms with Crippen molar-refractivity contribution in [2.24, 2.45) is 0 Å². The van der Waals surface area contributed by atoms with Gasteiger partial charge in [0, 0.05) is 50.7 Å². The molecule has 0 fully saturated rings. The van der Waals surface area contributed by atoms with Gasteiger partial charge in [-0.05, 0) is 37.0 Å². The molecule has 2 aromatic heterocycles. The maximum Gasteiger partial charge on any atom is 0.227 e. The van der Waals surface area contributed by atoms with Crippen molar-refractivity contribution >= 4 is 11.8 Å². The Morgan fingerprint density at radius 2 is 1.52 bits per heavy atom. The van der Waals surface area contributed by atoms with Gasteiger partial charge in [-0.25, -0.2) is 4.98 Å². The van der Waals surface area contributed by atoms with Crippen LogP contribution in [-0.4, -0.2) is 41.6 Å². The van der Waals surface area contributed by atoms with E-state index in [1.807, 2.05) is 18.5 Å². The van der Waals surface area contributed by atoms with E-state index < -0.39 is 0 Å². The molecule has 0 saturated carbocycles. The van der Waals surface area contributed by atoms with Crippen molar-refractivity contribution in [2.45, 2.75) is 33.1 Å². The van der Waals surface area contributed by atoms with Crippen LogP contribution in [0.2, 0.25) is 0 Å². The summed E-state index contributed by atoms with van der Waals surface area (Å²) in [4.78, 5) is 18.4. The van der Waals surface area contributed by atoms with Gasteiger partial charge in [0.15, 0.2) is 0 Å². The van der Waals surface area contributed by atoms with Gasteiger partial charge < -0.3 is 9.80 Å². The minimum atomic E-state index is 0.771. The molecule has 2 heterocycles. The van der Waals surface area contributed by atoms with Crippen molar-refractivity contribution in [1.29, 1.82) is 0 Å². The van der Waals surface area contributed by atoms with Crippen molar-refractivity contribution < 1.29 is 0 Å². The molecule has 3 rings (SSSR count). The molecular formula is C24H31N5. The van der Waals surface area contributed by atoms with Crippen LogP contribution >= 0.6 is 0 Å². The third kappa shape index (κ3) is 5.76. The summed E-state index contributed by atoms with van der Waals surface area (Å²) < 4.78 is 0. The quantitative estimate of drug-likeness (QED) is 0.496. The molecule has 0 spiro atoms. The van der Waals surface area contributed by atoms with E-state index in [2.05, 4.69) is 78.1 Å². The first-order chi connectivity index (χ1) is 14.2. The molecule has 0 radical (unpaired) electrons. The third-order valence-electron chi connectivity index (χ3n) is 4.91. The largest absolute Gasteiger partial charge is 0.356 e. The predicted molar refractivity (Wildman–Crippen MR) is 121 cm³/mol. The Bertz CT molecular complexity index is 861. The maximum atomic E-state index is 4.94. The van der Waals surface area contributed by atoms with Crippen LogP contribution in [0.3, 0.4) is 0 Å². The van der Waals surface area contributed by atoms with Crippen LogP contribution in [-0.2, 0) is 6.42 Å². The molecule has 0 saturated heterocycles. The number of likely N-dealkylation sites (N-methyl/N-ethyl adjacent to an activating group) is 1. The summed E-state index contributed by atoms with van der Waals surface area (Å²) in [5.74, 6) is 1.78. The van der Waals surface area contributed by atoms with E-state index in [0.29, 0.717) is 0 Å². The van der Waals surface area contributed by atoms with Gasteiger partial charge in [0.25, 0.3) is 0 Å². The first-order valence-corrected chi connectivity index (χ1v) is 10.5. The van der Waals surface area contributed by atoms with E-state index in [4.69, 9.17) is 9.97 Å². The summed E-state index contributed by atoms with van der Waals surface area (Å²) in [6.07, 6.45) is 6.80. The van der Waals surface area contributed by atoms with Crippen molar-refractivity contribution in [3.63, 3.8) is 0 Å². The summed E-state index contributed by atoms with van der Waals surface area (Å²) in [6.45, 7) is 7.27. The molecule has 0 amide bonds. The summed E-state index contributed by atoms with van der Waals surface area (Å²) in [5, 5.41) is 0. The lowest BCUT2D eigenvalue weighted by Gasteiger charge is -2.25. The zero-order valence-corrected chi connectivity index (χ0v) is 17.8. The number of aromatic nitrogens is 3. The van der Waals surface area contributed by atoms with Crippen LogP contribution in [0.25, 0.3) is 11.3 Å². The fourth-order valence-electron chi connectivity index (χ4n) is 3.34. The molecule has 0 aliphatic heterocycles. The van der Waals surface area contributed by atoms with Crippen molar-refractivity contribution in [3.05, 3.63) is 66.5 Å². The number of nitrogens with zero attached hydrogens (tertiary/aromatic N) is 5. The topological polar surface area (TPSA) is 45.2 Å². The van der Waals surface area contributed by atoms with Crippen molar-refractivity contribution in [2.75, 3.05) is 36.5 Å². The smallest absolute Gasteiger partial charge is 0.227 e. The second-order valence-corrected chi connectivity index (χ2v) is 7.29. The molecule has 152 valence electrons. The second-order valence-electron chi connectivity index (χ2n) is 7.29. The molecular weight excluding hydrogens is 358 g/mol. The minimum absolute atomic E-state index is 0.771. The molecule has 0 aliphatic rings. The second kappa shape index (κ2) is 10.6. The molecule has 0 N–H and O–H groups in total. The molecule has 0 bridgehead atoms. The van der Waals surface area contributed by atoms with Gasteiger partial charge in [0.1, 0.15) is 5.82 Å². The highest BCUT2D eigenvalue weighted by atomic mass is 15.3. The fraction of sp³-hybridized carbons (Fsp3) is 0.375. The van der Waals surface area contributed by atoms with Crippen LogP contribution in [0.15, 0.2) is 60.9 Å². The van der Waals surface area contributed by atoms with Crippen LogP contribution in [0.1, 0.15) is 32.3 Å². The Balaban J connectivity index is 1.90. The van der Waals surface area contributed by atoms with E-state index in [0.717, 1.165) is 61.9 Å². The molecule has 0 unspecified atom stereocenters. The predicted octanol–water partition coefficient (Wildman–Crippen LogP) is 4.84. The van der Waals surface area contributed by atoms with Gasteiger partial charge in [-0.3, -0.25) is 4.98 Å². The highest BCUT2D eigenvalue weighted by Crippen LogP contribution is 2.25. The Morgan fingerprint density at radius 1 is 0.828 bits per heavy atom. The first-order valence-electron chi connectivity index (χ1n) is 10.5. The van der Waals surface area contributed by atoms with E-state index >= 15 is 0 Å². The number of hydrogen-bond donors (Lipinski definition) is 0. The lowest BCUT2D eigenvalue weighted by atomic mass is 10.1. The summed E-state index contributed by atoms with van der Waals surface area (Å²) >= 11 is 0. The van der Waals surface area contributed by atoms with Crippen LogP contribution in [0.5, 0.6) is 0 Å².